The molecule has 1 aliphatic carbocycles. The number of hydrogen-bond donors (Lipinski definition) is 2. The van der Waals surface area contributed by atoms with Crippen LogP contribution >= 0.6 is 0 Å². The Labute approximate surface area is 145 Å². The number of rotatable bonds is 3. The van der Waals surface area contributed by atoms with Gasteiger partial charge in [0.05, 0.1) is 5.92 Å². The fourth-order valence-electron chi connectivity index (χ4n) is 4.04. The molecular weight excluding hydrogens is 324 g/mol. The Hall–Kier alpha value is -2.44. The molecule has 2 amide bonds. The van der Waals surface area contributed by atoms with Crippen LogP contribution in [0.3, 0.4) is 0 Å². The zero-order chi connectivity index (χ0) is 17.4. The molecule has 3 aliphatic rings. The van der Waals surface area contributed by atoms with Gasteiger partial charge < -0.3 is 24.8 Å². The molecule has 2 aliphatic heterocycles. The van der Waals surface area contributed by atoms with E-state index in [1.165, 1.54) is 0 Å². The number of carbonyl (C=O) groups excluding carboxylic acids is 1. The van der Waals surface area contributed by atoms with E-state index in [4.69, 9.17) is 9.47 Å². The van der Waals surface area contributed by atoms with Crippen molar-refractivity contribution < 1.29 is 24.2 Å². The number of hydrogen-bond acceptors (Lipinski definition) is 4. The predicted octanol–water partition coefficient (Wildman–Crippen LogP) is 2.17. The molecule has 1 aromatic carbocycles. The molecule has 134 valence electrons. The maximum atomic E-state index is 12.5. The number of aliphatic carboxylic acids is 1. The average Bonchev–Trinajstić information content (AvgIpc) is 3.33. The van der Waals surface area contributed by atoms with Gasteiger partial charge in [0.25, 0.3) is 0 Å². The molecule has 7 heteroatoms. The first-order valence-electron chi connectivity index (χ1n) is 8.79. The van der Waals surface area contributed by atoms with Crippen molar-refractivity contribution >= 4 is 12.0 Å². The summed E-state index contributed by atoms with van der Waals surface area (Å²) in [7, 11) is 0. The monoisotopic (exact) mass is 346 g/mol. The number of nitrogens with one attached hydrogen (secondary N) is 1. The van der Waals surface area contributed by atoms with E-state index in [-0.39, 0.29) is 31.3 Å². The molecule has 0 aromatic heterocycles. The van der Waals surface area contributed by atoms with Gasteiger partial charge in [0.2, 0.25) is 6.79 Å². The molecule has 1 saturated heterocycles. The smallest absolute Gasteiger partial charge is 0.317 e. The second-order valence-corrected chi connectivity index (χ2v) is 7.00. The van der Waals surface area contributed by atoms with Gasteiger partial charge in [-0.3, -0.25) is 4.79 Å². The summed E-state index contributed by atoms with van der Waals surface area (Å²) in [6.07, 6.45) is 4.30. The minimum atomic E-state index is -0.876. The average molecular weight is 346 g/mol. The molecule has 0 bridgehead atoms. The maximum Gasteiger partial charge on any atom is 0.317 e. The Balaban J connectivity index is 1.50. The first-order valence-corrected chi connectivity index (χ1v) is 8.79. The number of ether oxygens (including phenoxy) is 2. The molecule has 1 aromatic rings. The third-order valence-corrected chi connectivity index (χ3v) is 5.43. The second-order valence-electron chi connectivity index (χ2n) is 7.00. The van der Waals surface area contributed by atoms with Crippen molar-refractivity contribution in [3.05, 3.63) is 23.8 Å². The Kier molecular flexibility index (Phi) is 4.15. The summed E-state index contributed by atoms with van der Waals surface area (Å²) in [5.41, 5.74) is 0.868. The van der Waals surface area contributed by atoms with Crippen LogP contribution in [0, 0.1) is 5.92 Å². The highest BCUT2D eigenvalue weighted by molar-refractivity contribution is 5.78. The van der Waals surface area contributed by atoms with Gasteiger partial charge in [0, 0.05) is 25.0 Å². The molecule has 25 heavy (non-hydrogen) atoms. The van der Waals surface area contributed by atoms with Gasteiger partial charge in [-0.1, -0.05) is 18.9 Å². The summed E-state index contributed by atoms with van der Waals surface area (Å²) in [4.78, 5) is 25.9. The first kappa shape index (κ1) is 16.1. The second kappa shape index (κ2) is 6.46. The lowest BCUT2D eigenvalue weighted by molar-refractivity contribution is -0.141. The van der Waals surface area contributed by atoms with E-state index < -0.39 is 11.9 Å². The van der Waals surface area contributed by atoms with Gasteiger partial charge in [-0.05, 0) is 30.5 Å². The van der Waals surface area contributed by atoms with Crippen molar-refractivity contribution in [1.29, 1.82) is 0 Å². The first-order chi connectivity index (χ1) is 12.1. The highest BCUT2D eigenvalue weighted by Gasteiger charge is 2.41. The van der Waals surface area contributed by atoms with Crippen LogP contribution in [0.4, 0.5) is 4.79 Å². The maximum absolute atomic E-state index is 12.5. The van der Waals surface area contributed by atoms with E-state index in [9.17, 15) is 14.7 Å². The number of fused-ring (bicyclic) bond motifs is 1. The summed E-state index contributed by atoms with van der Waals surface area (Å²) in [6.45, 7) is 0.809. The molecule has 4 rings (SSSR count). The van der Waals surface area contributed by atoms with Gasteiger partial charge in [-0.25, -0.2) is 4.79 Å². The Bertz CT molecular complexity index is 686. The van der Waals surface area contributed by atoms with Gasteiger partial charge in [0.1, 0.15) is 0 Å². The van der Waals surface area contributed by atoms with Gasteiger partial charge in [-0.15, -0.1) is 0 Å². The van der Waals surface area contributed by atoms with Crippen molar-refractivity contribution in [3.8, 4) is 11.5 Å². The van der Waals surface area contributed by atoms with Gasteiger partial charge in [-0.2, -0.15) is 0 Å². The van der Waals surface area contributed by atoms with Gasteiger partial charge in [0.15, 0.2) is 11.5 Å². The van der Waals surface area contributed by atoms with Crippen LogP contribution in [0.15, 0.2) is 18.2 Å². The molecule has 2 atom stereocenters. The number of likely N-dealkylation sites (tertiary alicyclic amines) is 1. The fraction of sp³-hybridized carbons (Fsp3) is 0.556. The number of carboxylic acid groups (broad SMARTS) is 1. The lowest BCUT2D eigenvalue weighted by Gasteiger charge is -2.20. The zero-order valence-corrected chi connectivity index (χ0v) is 13.9. The Morgan fingerprint density at radius 3 is 2.64 bits per heavy atom. The number of benzene rings is 1. The van der Waals surface area contributed by atoms with Crippen LogP contribution in [0.2, 0.25) is 0 Å². The molecule has 1 saturated carbocycles. The molecular formula is C18H22N2O5. The van der Waals surface area contributed by atoms with E-state index in [2.05, 4.69) is 5.32 Å². The summed E-state index contributed by atoms with van der Waals surface area (Å²) in [6, 6.07) is 5.58. The van der Waals surface area contributed by atoms with Crippen molar-refractivity contribution in [2.24, 2.45) is 5.92 Å². The molecule has 7 nitrogen and oxygen atoms in total. The largest absolute Gasteiger partial charge is 0.481 e. The van der Waals surface area contributed by atoms with Gasteiger partial charge >= 0.3 is 12.0 Å². The van der Waals surface area contributed by atoms with E-state index in [1.807, 2.05) is 12.1 Å². The molecule has 0 spiro atoms. The van der Waals surface area contributed by atoms with Crippen LogP contribution < -0.4 is 14.8 Å². The Morgan fingerprint density at radius 1 is 1.12 bits per heavy atom. The van der Waals surface area contributed by atoms with E-state index in [1.54, 1.807) is 11.0 Å². The predicted molar refractivity (Wildman–Crippen MR) is 88.8 cm³/mol. The number of urea groups is 1. The number of carbonyl (C=O) groups is 2. The zero-order valence-electron chi connectivity index (χ0n) is 13.9. The quantitative estimate of drug-likeness (QED) is 0.876. The van der Waals surface area contributed by atoms with E-state index in [0.29, 0.717) is 18.0 Å². The Morgan fingerprint density at radius 2 is 1.88 bits per heavy atom. The van der Waals surface area contributed by atoms with Crippen molar-refractivity contribution in [2.45, 2.75) is 37.6 Å². The normalized spacial score (nSPS) is 25.4. The number of amides is 2. The third kappa shape index (κ3) is 3.10. The number of carboxylic acids is 1. The molecule has 2 heterocycles. The van der Waals surface area contributed by atoms with Crippen molar-refractivity contribution in [1.82, 2.24) is 10.2 Å². The number of nitrogens with zero attached hydrogens (tertiary/aromatic N) is 1. The minimum absolute atomic E-state index is 0.151. The summed E-state index contributed by atoms with van der Waals surface area (Å²) in [5.74, 6) is -0.435. The van der Waals surface area contributed by atoms with Crippen LogP contribution in [0.1, 0.15) is 37.2 Å². The highest BCUT2D eigenvalue weighted by atomic mass is 16.7. The molecule has 0 radical (unpaired) electrons. The fourth-order valence-corrected chi connectivity index (χ4v) is 4.04. The minimum Gasteiger partial charge on any atom is -0.481 e. The lowest BCUT2D eigenvalue weighted by atomic mass is 9.89. The van der Waals surface area contributed by atoms with Crippen LogP contribution in [-0.2, 0) is 4.79 Å². The molecule has 2 fully saturated rings. The summed E-state index contributed by atoms with van der Waals surface area (Å²) in [5, 5.41) is 12.7. The van der Waals surface area contributed by atoms with Crippen LogP contribution in [0.5, 0.6) is 11.5 Å². The standard InChI is InChI=1S/C18H22N2O5/c21-17(22)14-9-20(18(23)19-12-3-1-2-4-12)8-13(14)11-5-6-15-16(7-11)25-10-24-15/h5-7,12-14H,1-4,8-10H2,(H,19,23)(H,21,22)/t13-,14+/m0/s1. The van der Waals surface area contributed by atoms with Crippen molar-refractivity contribution in [2.75, 3.05) is 19.9 Å². The topological polar surface area (TPSA) is 88.1 Å². The lowest BCUT2D eigenvalue weighted by Crippen LogP contribution is -2.43. The molecule has 2 N–H and O–H groups in total. The third-order valence-electron chi connectivity index (χ3n) is 5.43. The highest BCUT2D eigenvalue weighted by Crippen LogP contribution is 2.39. The summed E-state index contributed by atoms with van der Waals surface area (Å²) >= 11 is 0. The van der Waals surface area contributed by atoms with E-state index >= 15 is 0 Å². The van der Waals surface area contributed by atoms with E-state index in [0.717, 1.165) is 31.2 Å². The SMILES string of the molecule is O=C(O)[C@@H]1CN(C(=O)NC2CCCC2)C[C@H]1c1ccc2c(c1)OCO2. The summed E-state index contributed by atoms with van der Waals surface area (Å²) < 4.78 is 10.7. The van der Waals surface area contributed by atoms with Crippen molar-refractivity contribution in [3.63, 3.8) is 0 Å². The molecule has 0 unspecified atom stereocenters. The van der Waals surface area contributed by atoms with Crippen LogP contribution in [-0.4, -0.2) is 47.9 Å². The van der Waals surface area contributed by atoms with Crippen LogP contribution in [0.25, 0.3) is 0 Å².